The largest absolute Gasteiger partial charge is 0.472 e. The zero-order valence-electron chi connectivity index (χ0n) is 15.2. The lowest BCUT2D eigenvalue weighted by Gasteiger charge is -2.22. The van der Waals surface area contributed by atoms with Gasteiger partial charge in [-0.3, -0.25) is 0 Å². The highest BCUT2D eigenvalue weighted by Crippen LogP contribution is 2.43. The molecular weight excluding hydrogens is 498 g/mol. The van der Waals surface area contributed by atoms with E-state index in [1.54, 1.807) is 0 Å². The predicted octanol–water partition coefficient (Wildman–Crippen LogP) is 6.54. The van der Waals surface area contributed by atoms with E-state index in [9.17, 15) is 4.79 Å². The Morgan fingerprint density at radius 2 is 1.76 bits per heavy atom. The van der Waals surface area contributed by atoms with Crippen molar-refractivity contribution >= 4 is 48.7 Å². The molecule has 29 heavy (non-hydrogen) atoms. The average molecular weight is 513 g/mol. The number of aromatic nitrogens is 1. The number of hydrogen-bond acceptors (Lipinski definition) is 3. The van der Waals surface area contributed by atoms with Crippen molar-refractivity contribution in [1.82, 2.24) is 4.57 Å². The minimum absolute atomic E-state index is 0.226. The first-order valence-electron chi connectivity index (χ1n) is 9.07. The number of ether oxygens (including phenoxy) is 2. The molecule has 4 nitrogen and oxygen atoms in total. The second-order valence-corrected chi connectivity index (χ2v) is 8.62. The standard InChI is InChI=1S/C23H15Br2NO3/c24-15-7-9-19-18(10-15)21(23(27)28-12-14-4-2-1-3-5-14)22-17-8-6-16(25)11-20(17)29-13-26(19)22/h1-11H,12-13H2. The molecule has 1 aliphatic heterocycles. The molecule has 5 rings (SSSR count). The van der Waals surface area contributed by atoms with E-state index in [1.807, 2.05) is 71.3 Å². The van der Waals surface area contributed by atoms with Crippen molar-refractivity contribution in [3.05, 3.63) is 86.8 Å². The maximum atomic E-state index is 13.3. The van der Waals surface area contributed by atoms with E-state index in [1.165, 1.54) is 0 Å². The van der Waals surface area contributed by atoms with Gasteiger partial charge in [0.25, 0.3) is 0 Å². The summed E-state index contributed by atoms with van der Waals surface area (Å²) in [6, 6.07) is 21.4. The third-order valence-electron chi connectivity index (χ3n) is 4.99. The van der Waals surface area contributed by atoms with Crippen LogP contribution in [0.1, 0.15) is 15.9 Å². The first-order valence-corrected chi connectivity index (χ1v) is 10.7. The van der Waals surface area contributed by atoms with Crippen LogP contribution in [0.5, 0.6) is 5.75 Å². The van der Waals surface area contributed by atoms with Gasteiger partial charge in [-0.25, -0.2) is 4.79 Å². The summed E-state index contributed by atoms with van der Waals surface area (Å²) in [5.74, 6) is 0.396. The van der Waals surface area contributed by atoms with Gasteiger partial charge in [-0.2, -0.15) is 0 Å². The van der Waals surface area contributed by atoms with E-state index in [4.69, 9.17) is 9.47 Å². The highest BCUT2D eigenvalue weighted by Gasteiger charge is 2.29. The zero-order valence-corrected chi connectivity index (χ0v) is 18.4. The van der Waals surface area contributed by atoms with Crippen molar-refractivity contribution in [2.45, 2.75) is 13.3 Å². The van der Waals surface area contributed by atoms with Gasteiger partial charge in [0.2, 0.25) is 0 Å². The Bertz CT molecular complexity index is 1250. The third kappa shape index (κ3) is 3.26. The Hall–Kier alpha value is -2.57. The summed E-state index contributed by atoms with van der Waals surface area (Å²) in [6.45, 7) is 0.562. The lowest BCUT2D eigenvalue weighted by molar-refractivity contribution is 0.0475. The van der Waals surface area contributed by atoms with Crippen molar-refractivity contribution in [1.29, 1.82) is 0 Å². The summed E-state index contributed by atoms with van der Waals surface area (Å²) in [7, 11) is 0. The van der Waals surface area contributed by atoms with Crippen molar-refractivity contribution in [3.63, 3.8) is 0 Å². The van der Waals surface area contributed by atoms with Crippen LogP contribution in [0.3, 0.4) is 0 Å². The number of nitrogens with zero attached hydrogens (tertiary/aromatic N) is 1. The Balaban J connectivity index is 1.66. The van der Waals surface area contributed by atoms with E-state index in [2.05, 4.69) is 31.9 Å². The summed E-state index contributed by atoms with van der Waals surface area (Å²) in [5, 5.41) is 0.840. The van der Waals surface area contributed by atoms with Gasteiger partial charge in [0.1, 0.15) is 12.4 Å². The summed E-state index contributed by atoms with van der Waals surface area (Å²) in [4.78, 5) is 13.3. The Kier molecular flexibility index (Phi) is 4.68. The maximum Gasteiger partial charge on any atom is 0.341 e. The molecule has 0 fully saturated rings. The van der Waals surface area contributed by atoms with E-state index in [-0.39, 0.29) is 12.6 Å². The fourth-order valence-corrected chi connectivity index (χ4v) is 4.39. The van der Waals surface area contributed by atoms with Gasteiger partial charge in [0.15, 0.2) is 6.73 Å². The molecule has 2 heterocycles. The summed E-state index contributed by atoms with van der Waals surface area (Å²) >= 11 is 7.02. The molecule has 0 saturated heterocycles. The minimum atomic E-state index is -0.346. The molecule has 6 heteroatoms. The number of rotatable bonds is 3. The topological polar surface area (TPSA) is 40.5 Å². The number of benzene rings is 3. The quantitative estimate of drug-likeness (QED) is 0.292. The molecule has 0 N–H and O–H groups in total. The van der Waals surface area contributed by atoms with Gasteiger partial charge in [-0.15, -0.1) is 0 Å². The van der Waals surface area contributed by atoms with Crippen molar-refractivity contribution in [2.75, 3.05) is 0 Å². The summed E-state index contributed by atoms with van der Waals surface area (Å²) in [6.07, 6.45) is 0. The van der Waals surface area contributed by atoms with Gasteiger partial charge < -0.3 is 14.0 Å². The molecule has 0 atom stereocenters. The average Bonchev–Trinajstić information content (AvgIpc) is 3.06. The number of carbonyl (C=O) groups excluding carboxylic acids is 1. The SMILES string of the molecule is O=C(OCc1ccccc1)c1c2n(c3ccc(Br)cc13)COc1cc(Br)ccc1-2. The smallest absolute Gasteiger partial charge is 0.341 e. The molecule has 0 aliphatic carbocycles. The van der Waals surface area contributed by atoms with E-state index in [0.29, 0.717) is 12.3 Å². The van der Waals surface area contributed by atoms with Gasteiger partial charge in [-0.1, -0.05) is 62.2 Å². The molecule has 0 unspecified atom stereocenters. The Morgan fingerprint density at radius 1 is 1.00 bits per heavy atom. The van der Waals surface area contributed by atoms with Crippen molar-refractivity contribution < 1.29 is 14.3 Å². The van der Waals surface area contributed by atoms with Crippen LogP contribution in [0.15, 0.2) is 75.7 Å². The molecule has 0 amide bonds. The molecule has 4 aromatic rings. The fourth-order valence-electron chi connectivity index (χ4n) is 3.69. The number of hydrogen-bond donors (Lipinski definition) is 0. The van der Waals surface area contributed by atoms with Crippen LogP contribution < -0.4 is 4.74 Å². The van der Waals surface area contributed by atoms with Gasteiger partial charge >= 0.3 is 5.97 Å². The predicted molar refractivity (Wildman–Crippen MR) is 119 cm³/mol. The van der Waals surface area contributed by atoms with Crippen LogP contribution >= 0.6 is 31.9 Å². The molecular formula is C23H15Br2NO3. The molecule has 1 aromatic heterocycles. The normalized spacial score (nSPS) is 12.2. The van der Waals surface area contributed by atoms with Crippen molar-refractivity contribution in [3.8, 4) is 17.0 Å². The second kappa shape index (κ2) is 7.35. The molecule has 0 saturated carbocycles. The highest BCUT2D eigenvalue weighted by molar-refractivity contribution is 9.10. The third-order valence-corrected chi connectivity index (χ3v) is 5.98. The van der Waals surface area contributed by atoms with E-state index < -0.39 is 0 Å². The second-order valence-electron chi connectivity index (χ2n) is 6.79. The van der Waals surface area contributed by atoms with Crippen LogP contribution in [0.2, 0.25) is 0 Å². The summed E-state index contributed by atoms with van der Waals surface area (Å²) < 4.78 is 15.5. The molecule has 0 spiro atoms. The minimum Gasteiger partial charge on any atom is -0.472 e. The van der Waals surface area contributed by atoms with Gasteiger partial charge in [-0.05, 0) is 42.0 Å². The van der Waals surface area contributed by atoms with E-state index >= 15 is 0 Å². The molecule has 144 valence electrons. The Labute approximate surface area is 184 Å². The Morgan fingerprint density at radius 3 is 2.59 bits per heavy atom. The number of halogens is 2. The van der Waals surface area contributed by atoms with Crippen LogP contribution in [-0.4, -0.2) is 10.5 Å². The number of esters is 1. The fraction of sp³-hybridized carbons (Fsp3) is 0.0870. The summed E-state index contributed by atoms with van der Waals surface area (Å²) in [5.41, 5.74) is 4.14. The van der Waals surface area contributed by atoms with Crippen LogP contribution in [0, 0.1) is 0 Å². The molecule has 1 aliphatic rings. The number of carbonyl (C=O) groups is 1. The monoisotopic (exact) mass is 511 g/mol. The molecule has 0 bridgehead atoms. The number of fused-ring (bicyclic) bond motifs is 5. The van der Waals surface area contributed by atoms with E-state index in [0.717, 1.165) is 42.4 Å². The molecule has 0 radical (unpaired) electrons. The first-order chi connectivity index (χ1) is 14.1. The van der Waals surface area contributed by atoms with Crippen LogP contribution in [0.25, 0.3) is 22.2 Å². The lowest BCUT2D eigenvalue weighted by Crippen LogP contribution is -2.15. The highest BCUT2D eigenvalue weighted by atomic mass is 79.9. The van der Waals surface area contributed by atoms with Crippen molar-refractivity contribution in [2.24, 2.45) is 0 Å². The molecule has 3 aromatic carbocycles. The lowest BCUT2D eigenvalue weighted by atomic mass is 10.0. The van der Waals surface area contributed by atoms with Crippen LogP contribution in [0.4, 0.5) is 0 Å². The zero-order chi connectivity index (χ0) is 20.0. The first kappa shape index (κ1) is 18.5. The van der Waals surface area contributed by atoms with Crippen LogP contribution in [-0.2, 0) is 18.1 Å². The maximum absolute atomic E-state index is 13.3. The van der Waals surface area contributed by atoms with Gasteiger partial charge in [0, 0.05) is 19.9 Å². The van der Waals surface area contributed by atoms with Gasteiger partial charge in [0.05, 0.1) is 16.8 Å².